The van der Waals surface area contributed by atoms with Gasteiger partial charge in [0.05, 0.1) is 12.0 Å². The molecule has 3 heterocycles. The van der Waals surface area contributed by atoms with Crippen LogP contribution in [0.2, 0.25) is 0 Å². The highest BCUT2D eigenvalue weighted by Crippen LogP contribution is 2.28. The number of halogens is 1. The van der Waals surface area contributed by atoms with Crippen molar-refractivity contribution in [1.29, 1.82) is 0 Å². The van der Waals surface area contributed by atoms with Gasteiger partial charge in [-0.3, -0.25) is 9.69 Å². The smallest absolute Gasteiger partial charge is 0.253 e. The topological polar surface area (TPSA) is 74.5 Å². The summed E-state index contributed by atoms with van der Waals surface area (Å²) in [5.74, 6) is 1.58. The molecule has 0 saturated carbocycles. The Morgan fingerprint density at radius 1 is 1.25 bits per heavy atom. The van der Waals surface area contributed by atoms with Crippen LogP contribution in [0.25, 0.3) is 0 Å². The van der Waals surface area contributed by atoms with Crippen molar-refractivity contribution >= 4 is 18.3 Å². The molecule has 2 aliphatic heterocycles. The molecule has 7 nitrogen and oxygen atoms in total. The van der Waals surface area contributed by atoms with Crippen molar-refractivity contribution in [2.45, 2.75) is 31.7 Å². The largest absolute Gasteiger partial charge is 0.339 e. The van der Waals surface area contributed by atoms with Crippen molar-refractivity contribution in [3.63, 3.8) is 0 Å². The molecule has 2 aromatic rings. The van der Waals surface area contributed by atoms with Crippen LogP contribution in [0, 0.1) is 6.92 Å². The number of amides is 1. The number of piperazine rings is 1. The first-order chi connectivity index (χ1) is 13.1. The van der Waals surface area contributed by atoms with E-state index in [1.165, 1.54) is 0 Å². The quantitative estimate of drug-likeness (QED) is 0.845. The van der Waals surface area contributed by atoms with Crippen molar-refractivity contribution < 1.29 is 9.32 Å². The van der Waals surface area contributed by atoms with Crippen LogP contribution in [-0.4, -0.2) is 65.6 Å². The molecule has 1 amide bonds. The highest BCUT2D eigenvalue weighted by Gasteiger charge is 2.31. The summed E-state index contributed by atoms with van der Waals surface area (Å²) in [6, 6.07) is 7.90. The van der Waals surface area contributed by atoms with Gasteiger partial charge in [-0.05, 0) is 38.9 Å². The molecule has 2 fully saturated rings. The maximum atomic E-state index is 12.8. The molecule has 1 aromatic carbocycles. The number of hydrogen-bond donors (Lipinski definition) is 1. The van der Waals surface area contributed by atoms with E-state index in [0.29, 0.717) is 12.4 Å². The number of piperidine rings is 1. The third-order valence-corrected chi connectivity index (χ3v) is 5.62. The summed E-state index contributed by atoms with van der Waals surface area (Å²) in [4.78, 5) is 21.7. The number of carbonyl (C=O) groups excluding carboxylic acids is 1. The maximum absolute atomic E-state index is 12.8. The summed E-state index contributed by atoms with van der Waals surface area (Å²) in [7, 11) is 2.09. The molecule has 152 valence electrons. The van der Waals surface area contributed by atoms with Gasteiger partial charge < -0.3 is 14.7 Å². The van der Waals surface area contributed by atoms with E-state index in [4.69, 9.17) is 4.52 Å². The summed E-state index contributed by atoms with van der Waals surface area (Å²) >= 11 is 0. The fraction of sp³-hybridized carbons (Fsp3) is 0.550. The lowest BCUT2D eigenvalue weighted by Gasteiger charge is -2.31. The zero-order chi connectivity index (χ0) is 18.8. The van der Waals surface area contributed by atoms with E-state index < -0.39 is 0 Å². The van der Waals surface area contributed by atoms with E-state index >= 15 is 0 Å². The number of benzene rings is 1. The number of hydrogen-bond acceptors (Lipinski definition) is 6. The Hall–Kier alpha value is -1.96. The molecular formula is C20H28ClN5O2. The molecule has 0 bridgehead atoms. The minimum atomic E-state index is 0. The number of likely N-dealkylation sites (tertiary alicyclic amines) is 1. The van der Waals surface area contributed by atoms with E-state index in [0.717, 1.165) is 56.0 Å². The van der Waals surface area contributed by atoms with Crippen LogP contribution in [-0.2, 0) is 0 Å². The number of aryl methyl sites for hydroxylation is 1. The molecule has 0 spiro atoms. The zero-order valence-electron chi connectivity index (χ0n) is 16.4. The van der Waals surface area contributed by atoms with Crippen LogP contribution in [0.4, 0.5) is 0 Å². The first-order valence-electron chi connectivity index (χ1n) is 9.72. The van der Waals surface area contributed by atoms with Gasteiger partial charge in [0.1, 0.15) is 0 Å². The molecule has 2 saturated heterocycles. The number of nitrogens with zero attached hydrogens (tertiary/aromatic N) is 4. The van der Waals surface area contributed by atoms with Gasteiger partial charge in [-0.25, -0.2) is 0 Å². The van der Waals surface area contributed by atoms with Crippen molar-refractivity contribution in [3.05, 3.63) is 47.1 Å². The van der Waals surface area contributed by atoms with E-state index in [2.05, 4.69) is 27.4 Å². The van der Waals surface area contributed by atoms with Crippen LogP contribution >= 0.6 is 12.4 Å². The second-order valence-corrected chi connectivity index (χ2v) is 7.65. The number of rotatable bonds is 3. The summed E-state index contributed by atoms with van der Waals surface area (Å²) < 4.78 is 5.60. The second kappa shape index (κ2) is 9.03. The zero-order valence-corrected chi connectivity index (χ0v) is 17.2. The molecule has 0 radical (unpaired) electrons. The summed E-state index contributed by atoms with van der Waals surface area (Å²) in [6.45, 7) is 6.22. The lowest BCUT2D eigenvalue weighted by atomic mass is 9.97. The summed E-state index contributed by atoms with van der Waals surface area (Å²) in [5.41, 5.74) is 1.89. The Balaban J connectivity index is 0.00000225. The highest BCUT2D eigenvalue weighted by molar-refractivity contribution is 5.94. The number of likely N-dealkylation sites (N-methyl/N-ethyl adjacent to an activating group) is 1. The van der Waals surface area contributed by atoms with Crippen LogP contribution in [0.1, 0.15) is 52.4 Å². The van der Waals surface area contributed by atoms with Crippen LogP contribution in [0.15, 0.2) is 28.8 Å². The molecule has 1 aromatic heterocycles. The van der Waals surface area contributed by atoms with Crippen LogP contribution in [0.5, 0.6) is 0 Å². The Morgan fingerprint density at radius 2 is 2.04 bits per heavy atom. The normalized spacial score (nSPS) is 23.3. The molecular weight excluding hydrogens is 378 g/mol. The van der Waals surface area contributed by atoms with E-state index in [-0.39, 0.29) is 30.3 Å². The molecule has 8 heteroatoms. The first kappa shape index (κ1) is 20.8. The van der Waals surface area contributed by atoms with E-state index in [1.807, 2.05) is 36.1 Å². The minimum absolute atomic E-state index is 0. The lowest BCUT2D eigenvalue weighted by molar-refractivity contribution is 0.0695. The van der Waals surface area contributed by atoms with Gasteiger partial charge in [0.2, 0.25) is 5.89 Å². The van der Waals surface area contributed by atoms with Gasteiger partial charge in [0.25, 0.3) is 5.91 Å². The Labute approximate surface area is 171 Å². The number of carbonyl (C=O) groups is 1. The predicted octanol–water partition coefficient (Wildman–Crippen LogP) is 2.40. The van der Waals surface area contributed by atoms with Crippen LogP contribution in [0.3, 0.4) is 0 Å². The van der Waals surface area contributed by atoms with E-state index in [9.17, 15) is 4.79 Å². The van der Waals surface area contributed by atoms with Gasteiger partial charge >= 0.3 is 0 Å². The third-order valence-electron chi connectivity index (χ3n) is 5.62. The average Bonchev–Trinajstić information content (AvgIpc) is 3.18. The fourth-order valence-electron chi connectivity index (χ4n) is 3.88. The Kier molecular flexibility index (Phi) is 6.69. The van der Waals surface area contributed by atoms with Crippen LogP contribution < -0.4 is 5.32 Å². The third kappa shape index (κ3) is 4.37. The van der Waals surface area contributed by atoms with Gasteiger partial charge in [0, 0.05) is 38.3 Å². The average molecular weight is 406 g/mol. The molecule has 2 atom stereocenters. The predicted molar refractivity (Wildman–Crippen MR) is 109 cm³/mol. The van der Waals surface area contributed by atoms with Crippen molar-refractivity contribution in [3.8, 4) is 0 Å². The van der Waals surface area contributed by atoms with Crippen molar-refractivity contribution in [2.75, 3.05) is 39.8 Å². The highest BCUT2D eigenvalue weighted by atomic mass is 35.5. The number of aromatic nitrogens is 2. The van der Waals surface area contributed by atoms with E-state index in [1.54, 1.807) is 0 Å². The summed E-state index contributed by atoms with van der Waals surface area (Å²) in [6.07, 6.45) is 1.92. The minimum Gasteiger partial charge on any atom is -0.339 e. The lowest BCUT2D eigenvalue weighted by Crippen LogP contribution is -2.44. The summed E-state index contributed by atoms with van der Waals surface area (Å²) in [5, 5.41) is 7.61. The molecule has 2 unspecified atom stereocenters. The van der Waals surface area contributed by atoms with Gasteiger partial charge in [-0.2, -0.15) is 4.98 Å². The Morgan fingerprint density at radius 3 is 2.79 bits per heavy atom. The first-order valence-corrected chi connectivity index (χ1v) is 9.72. The van der Waals surface area contributed by atoms with Gasteiger partial charge in [-0.15, -0.1) is 12.4 Å². The second-order valence-electron chi connectivity index (χ2n) is 7.65. The monoisotopic (exact) mass is 405 g/mol. The molecule has 0 aliphatic carbocycles. The molecule has 1 N–H and O–H groups in total. The Bertz CT molecular complexity index is 794. The standard InChI is InChI=1S/C20H27N5O2.ClH/c1-14-5-7-15(8-6-14)20(26)25-10-3-4-16(13-25)19-22-18(23-27-19)17-12-21-9-11-24(17)2;/h5-8,16-17,21H,3-4,9-13H2,1-2H3;1H. The number of nitrogens with one attached hydrogen (secondary N) is 1. The SMILES string of the molecule is Cc1ccc(C(=O)N2CCCC(c3nc(C4CNCCN4C)no3)C2)cc1.Cl. The molecule has 28 heavy (non-hydrogen) atoms. The van der Waals surface area contributed by atoms with Gasteiger partial charge in [0.15, 0.2) is 5.82 Å². The van der Waals surface area contributed by atoms with Crippen molar-refractivity contribution in [2.24, 2.45) is 0 Å². The molecule has 2 aliphatic rings. The maximum Gasteiger partial charge on any atom is 0.253 e. The fourth-order valence-corrected chi connectivity index (χ4v) is 3.88. The molecule has 4 rings (SSSR count). The van der Waals surface area contributed by atoms with Gasteiger partial charge in [-0.1, -0.05) is 22.9 Å². The van der Waals surface area contributed by atoms with Crippen molar-refractivity contribution in [1.82, 2.24) is 25.3 Å².